The summed E-state index contributed by atoms with van der Waals surface area (Å²) >= 11 is 1.54. The van der Waals surface area contributed by atoms with Gasteiger partial charge in [-0.2, -0.15) is 0 Å². The molecule has 1 aromatic rings. The van der Waals surface area contributed by atoms with Crippen LogP contribution in [0.15, 0.2) is 39.6 Å². The minimum Gasteiger partial charge on any atom is -0.320 e. The molecule has 0 saturated carbocycles. The molecule has 1 aromatic carbocycles. The Morgan fingerprint density at radius 1 is 1.29 bits per heavy atom. The number of fused-ring (bicyclic) bond motifs is 1. The summed E-state index contributed by atoms with van der Waals surface area (Å²) < 4.78 is 0. The molecule has 0 radical (unpaired) electrons. The van der Waals surface area contributed by atoms with E-state index in [1.807, 2.05) is 38.1 Å². The van der Waals surface area contributed by atoms with Crippen molar-refractivity contribution in [3.63, 3.8) is 0 Å². The van der Waals surface area contributed by atoms with E-state index in [0.717, 1.165) is 21.1 Å². The molecule has 14 heavy (non-hydrogen) atoms. The summed E-state index contributed by atoms with van der Waals surface area (Å²) in [4.78, 5) is 13.5. The van der Waals surface area contributed by atoms with Gasteiger partial charge in [0.1, 0.15) is 0 Å². The van der Waals surface area contributed by atoms with Crippen LogP contribution >= 0.6 is 11.8 Å². The van der Waals surface area contributed by atoms with Crippen molar-refractivity contribution in [1.82, 2.24) is 0 Å². The number of anilines is 1. The number of allylic oxidation sites excluding steroid dienone is 1. The monoisotopic (exact) mass is 205 g/mol. The van der Waals surface area contributed by atoms with E-state index in [-0.39, 0.29) is 5.91 Å². The van der Waals surface area contributed by atoms with Gasteiger partial charge in [-0.15, -0.1) is 0 Å². The molecule has 1 heterocycles. The first-order chi connectivity index (χ1) is 6.68. The zero-order chi connectivity index (χ0) is 10.1. The zero-order valence-corrected chi connectivity index (χ0v) is 8.94. The SMILES string of the molecule is CC(C)=C1Sc2ccccc2NC1=O. The molecular weight excluding hydrogens is 194 g/mol. The normalized spacial score (nSPS) is 14.7. The second kappa shape index (κ2) is 3.50. The first-order valence-corrected chi connectivity index (χ1v) is 5.26. The van der Waals surface area contributed by atoms with Gasteiger partial charge in [-0.05, 0) is 26.0 Å². The highest BCUT2D eigenvalue weighted by atomic mass is 32.2. The van der Waals surface area contributed by atoms with Gasteiger partial charge in [0.05, 0.1) is 10.6 Å². The lowest BCUT2D eigenvalue weighted by atomic mass is 10.2. The van der Waals surface area contributed by atoms with Crippen LogP contribution in [0.25, 0.3) is 0 Å². The number of nitrogens with one attached hydrogen (secondary N) is 1. The van der Waals surface area contributed by atoms with Crippen molar-refractivity contribution in [2.45, 2.75) is 18.7 Å². The molecule has 1 N–H and O–H groups in total. The molecule has 0 fully saturated rings. The third-order valence-corrected chi connectivity index (χ3v) is 3.38. The fourth-order valence-corrected chi connectivity index (χ4v) is 2.27. The fourth-order valence-electron chi connectivity index (χ4n) is 1.32. The van der Waals surface area contributed by atoms with Crippen LogP contribution in [0.1, 0.15) is 13.8 Å². The third kappa shape index (κ3) is 1.55. The van der Waals surface area contributed by atoms with Gasteiger partial charge in [-0.1, -0.05) is 29.5 Å². The Hall–Kier alpha value is -1.22. The lowest BCUT2D eigenvalue weighted by molar-refractivity contribution is -0.112. The van der Waals surface area contributed by atoms with Crippen LogP contribution in [-0.2, 0) is 4.79 Å². The van der Waals surface area contributed by atoms with Gasteiger partial charge in [0, 0.05) is 4.90 Å². The number of thioether (sulfide) groups is 1. The minimum absolute atomic E-state index is 0.00806. The van der Waals surface area contributed by atoms with Crippen molar-refractivity contribution < 1.29 is 4.79 Å². The summed E-state index contributed by atoms with van der Waals surface area (Å²) in [6.07, 6.45) is 0. The maximum absolute atomic E-state index is 11.6. The average molecular weight is 205 g/mol. The van der Waals surface area contributed by atoms with Gasteiger partial charge in [0.15, 0.2) is 0 Å². The number of rotatable bonds is 0. The van der Waals surface area contributed by atoms with E-state index in [0.29, 0.717) is 0 Å². The Labute approximate surface area is 87.4 Å². The molecule has 1 aliphatic heterocycles. The molecule has 0 unspecified atom stereocenters. The summed E-state index contributed by atoms with van der Waals surface area (Å²) in [7, 11) is 0. The van der Waals surface area contributed by atoms with Gasteiger partial charge >= 0.3 is 0 Å². The minimum atomic E-state index is 0.00806. The maximum Gasteiger partial charge on any atom is 0.262 e. The predicted octanol–water partition coefficient (Wildman–Crippen LogP) is 3.02. The van der Waals surface area contributed by atoms with Crippen LogP contribution < -0.4 is 5.32 Å². The first-order valence-electron chi connectivity index (χ1n) is 4.44. The van der Waals surface area contributed by atoms with E-state index < -0.39 is 0 Å². The maximum atomic E-state index is 11.6. The first kappa shape index (κ1) is 9.34. The summed E-state index contributed by atoms with van der Waals surface area (Å²) in [6.45, 7) is 3.91. The second-order valence-electron chi connectivity index (χ2n) is 3.38. The molecule has 1 aliphatic rings. The van der Waals surface area contributed by atoms with E-state index in [1.165, 1.54) is 0 Å². The van der Waals surface area contributed by atoms with Gasteiger partial charge in [-0.3, -0.25) is 4.79 Å². The second-order valence-corrected chi connectivity index (χ2v) is 4.43. The third-order valence-electron chi connectivity index (χ3n) is 2.01. The van der Waals surface area contributed by atoms with E-state index >= 15 is 0 Å². The molecule has 2 rings (SSSR count). The molecular formula is C11H11NOS. The van der Waals surface area contributed by atoms with Crippen molar-refractivity contribution >= 4 is 23.4 Å². The predicted molar refractivity (Wildman–Crippen MR) is 59.3 cm³/mol. The van der Waals surface area contributed by atoms with E-state index in [1.54, 1.807) is 11.8 Å². The molecule has 0 spiro atoms. The standard InChI is InChI=1S/C11H11NOS/c1-7(2)10-11(13)12-8-5-3-4-6-9(8)14-10/h3-6H,1-2H3,(H,12,13). The van der Waals surface area contributed by atoms with Gasteiger partial charge in [0.25, 0.3) is 5.91 Å². The highest BCUT2D eigenvalue weighted by Gasteiger charge is 2.20. The number of benzene rings is 1. The number of para-hydroxylation sites is 1. The van der Waals surface area contributed by atoms with Crippen LogP contribution in [0.5, 0.6) is 0 Å². The molecule has 3 heteroatoms. The number of carbonyl (C=O) groups is 1. The van der Waals surface area contributed by atoms with Crippen LogP contribution in [0, 0.1) is 0 Å². The molecule has 0 saturated heterocycles. The lowest BCUT2D eigenvalue weighted by Gasteiger charge is -2.19. The smallest absolute Gasteiger partial charge is 0.262 e. The van der Waals surface area contributed by atoms with E-state index in [9.17, 15) is 4.79 Å². The van der Waals surface area contributed by atoms with Gasteiger partial charge < -0.3 is 5.32 Å². The van der Waals surface area contributed by atoms with Crippen LogP contribution in [-0.4, -0.2) is 5.91 Å². The van der Waals surface area contributed by atoms with Crippen molar-refractivity contribution in [1.29, 1.82) is 0 Å². The molecule has 2 nitrogen and oxygen atoms in total. The number of hydrogen-bond acceptors (Lipinski definition) is 2. The lowest BCUT2D eigenvalue weighted by Crippen LogP contribution is -2.17. The molecule has 0 atom stereocenters. The molecule has 1 amide bonds. The largest absolute Gasteiger partial charge is 0.320 e. The van der Waals surface area contributed by atoms with Gasteiger partial charge in [-0.25, -0.2) is 0 Å². The van der Waals surface area contributed by atoms with Crippen molar-refractivity contribution in [3.05, 3.63) is 34.7 Å². The Kier molecular flexibility index (Phi) is 2.33. The highest BCUT2D eigenvalue weighted by molar-refractivity contribution is 8.04. The molecule has 72 valence electrons. The average Bonchev–Trinajstić information content (AvgIpc) is 2.16. The Morgan fingerprint density at radius 2 is 2.00 bits per heavy atom. The highest BCUT2D eigenvalue weighted by Crippen LogP contribution is 2.38. The topological polar surface area (TPSA) is 29.1 Å². The van der Waals surface area contributed by atoms with Crippen molar-refractivity contribution in [3.8, 4) is 0 Å². The van der Waals surface area contributed by atoms with Crippen molar-refractivity contribution in [2.75, 3.05) is 5.32 Å². The summed E-state index contributed by atoms with van der Waals surface area (Å²) in [5, 5.41) is 2.87. The van der Waals surface area contributed by atoms with E-state index in [4.69, 9.17) is 0 Å². The van der Waals surface area contributed by atoms with Gasteiger partial charge in [0.2, 0.25) is 0 Å². The van der Waals surface area contributed by atoms with E-state index in [2.05, 4.69) is 5.32 Å². The molecule has 0 aliphatic carbocycles. The van der Waals surface area contributed by atoms with Crippen LogP contribution in [0.3, 0.4) is 0 Å². The van der Waals surface area contributed by atoms with Crippen LogP contribution in [0.4, 0.5) is 5.69 Å². The van der Waals surface area contributed by atoms with Crippen molar-refractivity contribution in [2.24, 2.45) is 0 Å². The molecule has 0 bridgehead atoms. The Balaban J connectivity index is 2.46. The number of amides is 1. The Morgan fingerprint density at radius 3 is 2.71 bits per heavy atom. The summed E-state index contributed by atoms with van der Waals surface area (Å²) in [5.74, 6) is 0.00806. The fraction of sp³-hybridized carbons (Fsp3) is 0.182. The molecule has 0 aromatic heterocycles. The van der Waals surface area contributed by atoms with Crippen LogP contribution in [0.2, 0.25) is 0 Å². The zero-order valence-electron chi connectivity index (χ0n) is 8.13. The summed E-state index contributed by atoms with van der Waals surface area (Å²) in [6, 6.07) is 7.84. The quantitative estimate of drug-likeness (QED) is 0.660. The number of carbonyl (C=O) groups excluding carboxylic acids is 1. The number of hydrogen-bond donors (Lipinski definition) is 1. The summed E-state index contributed by atoms with van der Waals surface area (Å²) in [5.41, 5.74) is 1.97. The Bertz CT molecular complexity index is 419.